The summed E-state index contributed by atoms with van der Waals surface area (Å²) in [5.74, 6) is -1.50. The third-order valence-corrected chi connectivity index (χ3v) is 2.99. The highest BCUT2D eigenvalue weighted by Crippen LogP contribution is 2.35. The Hall–Kier alpha value is -1.62. The number of likely N-dealkylation sites (N-methyl/N-ethyl adjacent to an activating group) is 1. The van der Waals surface area contributed by atoms with Crippen molar-refractivity contribution in [2.75, 3.05) is 21.2 Å². The number of methoxy groups -OCH3 is 1. The predicted molar refractivity (Wildman–Crippen MR) is 61.6 cm³/mol. The predicted octanol–water partition coefficient (Wildman–Crippen LogP) is 1.70. The first kappa shape index (κ1) is 13.4. The van der Waals surface area contributed by atoms with Crippen molar-refractivity contribution >= 4 is 5.97 Å². The zero-order valence-electron chi connectivity index (χ0n) is 10.3. The number of carbonyl (C=O) groups is 1. The van der Waals surface area contributed by atoms with E-state index in [-0.39, 0.29) is 11.3 Å². The number of rotatable bonds is 4. The molecule has 0 aromatic heterocycles. The molecule has 0 aliphatic heterocycles. The number of carboxylic acids is 1. The molecule has 5 heteroatoms. The minimum absolute atomic E-state index is 0.0278. The van der Waals surface area contributed by atoms with Gasteiger partial charge < -0.3 is 9.84 Å². The Labute approximate surface area is 99.6 Å². The van der Waals surface area contributed by atoms with Crippen LogP contribution in [-0.4, -0.2) is 37.2 Å². The Balaban J connectivity index is 3.54. The molecule has 0 amide bonds. The van der Waals surface area contributed by atoms with Crippen LogP contribution in [0.3, 0.4) is 0 Å². The maximum absolute atomic E-state index is 13.9. The van der Waals surface area contributed by atoms with Gasteiger partial charge in [0.2, 0.25) is 0 Å². The number of nitrogens with zero attached hydrogens (tertiary/aromatic N) is 1. The van der Waals surface area contributed by atoms with Gasteiger partial charge in [0.1, 0.15) is 17.1 Å². The summed E-state index contributed by atoms with van der Waals surface area (Å²) in [5.41, 5.74) is -1.45. The van der Waals surface area contributed by atoms with Crippen molar-refractivity contribution in [3.05, 3.63) is 29.6 Å². The smallest absolute Gasteiger partial charge is 0.328 e. The molecule has 17 heavy (non-hydrogen) atoms. The van der Waals surface area contributed by atoms with Crippen LogP contribution in [-0.2, 0) is 10.3 Å². The molecule has 0 saturated carbocycles. The highest BCUT2D eigenvalue weighted by molar-refractivity contribution is 5.81. The molecular formula is C12H16FNO3. The number of hydrogen-bond acceptors (Lipinski definition) is 3. The fourth-order valence-electron chi connectivity index (χ4n) is 1.67. The molecule has 0 fully saturated rings. The molecule has 0 spiro atoms. The zero-order chi connectivity index (χ0) is 13.2. The number of aliphatic carboxylic acids is 1. The normalized spacial score (nSPS) is 14.5. The second kappa shape index (κ2) is 4.71. The summed E-state index contributed by atoms with van der Waals surface area (Å²) in [6, 6.07) is 4.25. The molecule has 94 valence electrons. The SMILES string of the molecule is COc1cccc(F)c1C(C)(C(=O)O)N(C)C. The molecule has 0 aliphatic carbocycles. The van der Waals surface area contributed by atoms with Gasteiger partial charge in [-0.25, -0.2) is 9.18 Å². The maximum atomic E-state index is 13.9. The average Bonchev–Trinajstić information content (AvgIpc) is 2.27. The van der Waals surface area contributed by atoms with Gasteiger partial charge in [-0.15, -0.1) is 0 Å². The second-order valence-electron chi connectivity index (χ2n) is 4.09. The van der Waals surface area contributed by atoms with Crippen LogP contribution in [0.2, 0.25) is 0 Å². The van der Waals surface area contributed by atoms with Gasteiger partial charge in [0.15, 0.2) is 0 Å². The molecule has 0 aliphatic rings. The Morgan fingerprint density at radius 2 is 2.06 bits per heavy atom. The van der Waals surface area contributed by atoms with Crippen molar-refractivity contribution in [2.24, 2.45) is 0 Å². The monoisotopic (exact) mass is 241 g/mol. The van der Waals surface area contributed by atoms with E-state index in [1.54, 1.807) is 20.2 Å². The van der Waals surface area contributed by atoms with Crippen LogP contribution in [0.25, 0.3) is 0 Å². The molecule has 0 saturated heterocycles. The Kier molecular flexibility index (Phi) is 3.72. The lowest BCUT2D eigenvalue weighted by atomic mass is 9.89. The fourth-order valence-corrected chi connectivity index (χ4v) is 1.67. The van der Waals surface area contributed by atoms with Crippen LogP contribution in [0.4, 0.5) is 4.39 Å². The van der Waals surface area contributed by atoms with E-state index in [0.717, 1.165) is 0 Å². The van der Waals surface area contributed by atoms with E-state index in [2.05, 4.69) is 0 Å². The fraction of sp³-hybridized carbons (Fsp3) is 0.417. The van der Waals surface area contributed by atoms with E-state index in [9.17, 15) is 14.3 Å². The largest absolute Gasteiger partial charge is 0.496 e. The zero-order valence-corrected chi connectivity index (χ0v) is 10.3. The van der Waals surface area contributed by atoms with Crippen molar-refractivity contribution in [1.82, 2.24) is 4.90 Å². The molecule has 0 bridgehead atoms. The van der Waals surface area contributed by atoms with Crippen LogP contribution in [0, 0.1) is 5.82 Å². The van der Waals surface area contributed by atoms with Gasteiger partial charge in [0.25, 0.3) is 0 Å². The van der Waals surface area contributed by atoms with Crippen molar-refractivity contribution in [2.45, 2.75) is 12.5 Å². The molecule has 0 heterocycles. The molecule has 1 unspecified atom stereocenters. The van der Waals surface area contributed by atoms with Gasteiger partial charge in [-0.3, -0.25) is 4.90 Å². The van der Waals surface area contributed by atoms with Gasteiger partial charge in [-0.2, -0.15) is 0 Å². The summed E-state index contributed by atoms with van der Waals surface area (Å²) in [6.07, 6.45) is 0. The van der Waals surface area contributed by atoms with E-state index in [1.807, 2.05) is 0 Å². The Morgan fingerprint density at radius 1 is 1.47 bits per heavy atom. The van der Waals surface area contributed by atoms with Crippen LogP contribution in [0.15, 0.2) is 18.2 Å². The first-order valence-corrected chi connectivity index (χ1v) is 5.09. The summed E-state index contributed by atoms with van der Waals surface area (Å²) in [4.78, 5) is 12.9. The minimum Gasteiger partial charge on any atom is -0.496 e. The number of benzene rings is 1. The van der Waals surface area contributed by atoms with E-state index >= 15 is 0 Å². The average molecular weight is 241 g/mol. The van der Waals surface area contributed by atoms with Crippen molar-refractivity contribution in [1.29, 1.82) is 0 Å². The summed E-state index contributed by atoms with van der Waals surface area (Å²) in [5, 5.41) is 9.34. The number of ether oxygens (including phenoxy) is 1. The van der Waals surface area contributed by atoms with E-state index in [1.165, 1.54) is 31.1 Å². The quantitative estimate of drug-likeness (QED) is 0.871. The Bertz CT molecular complexity index is 434. The molecular weight excluding hydrogens is 225 g/mol. The van der Waals surface area contributed by atoms with Crippen LogP contribution in [0.1, 0.15) is 12.5 Å². The van der Waals surface area contributed by atoms with Crippen molar-refractivity contribution in [3.8, 4) is 5.75 Å². The highest BCUT2D eigenvalue weighted by atomic mass is 19.1. The van der Waals surface area contributed by atoms with Crippen molar-refractivity contribution in [3.63, 3.8) is 0 Å². The highest BCUT2D eigenvalue weighted by Gasteiger charge is 2.42. The topological polar surface area (TPSA) is 49.8 Å². The molecule has 1 atom stereocenters. The first-order valence-electron chi connectivity index (χ1n) is 5.09. The summed E-state index contributed by atoms with van der Waals surface area (Å²) in [6.45, 7) is 1.44. The number of halogens is 1. The van der Waals surface area contributed by atoms with E-state index < -0.39 is 17.3 Å². The first-order chi connectivity index (χ1) is 7.85. The van der Waals surface area contributed by atoms with Crippen LogP contribution >= 0.6 is 0 Å². The lowest BCUT2D eigenvalue weighted by molar-refractivity contribution is -0.149. The van der Waals surface area contributed by atoms with Gasteiger partial charge in [0.05, 0.1) is 12.7 Å². The molecule has 0 radical (unpaired) electrons. The summed E-state index contributed by atoms with van der Waals surface area (Å²) >= 11 is 0. The maximum Gasteiger partial charge on any atom is 0.328 e. The Morgan fingerprint density at radius 3 is 2.47 bits per heavy atom. The third kappa shape index (κ3) is 2.10. The summed E-state index contributed by atoms with van der Waals surface area (Å²) in [7, 11) is 4.55. The standard InChI is InChI=1S/C12H16FNO3/c1-12(11(15)16,14(2)3)10-8(13)6-5-7-9(10)17-4/h5-7H,1-4H3,(H,15,16). The number of hydrogen-bond donors (Lipinski definition) is 1. The molecule has 4 nitrogen and oxygen atoms in total. The number of carboxylic acid groups (broad SMARTS) is 1. The summed E-state index contributed by atoms with van der Waals surface area (Å²) < 4.78 is 18.9. The minimum atomic E-state index is -1.48. The van der Waals surface area contributed by atoms with Gasteiger partial charge in [-0.1, -0.05) is 6.07 Å². The molecule has 1 aromatic rings. The van der Waals surface area contributed by atoms with Crippen molar-refractivity contribution < 1.29 is 19.0 Å². The lowest BCUT2D eigenvalue weighted by Crippen LogP contribution is -2.46. The van der Waals surface area contributed by atoms with Gasteiger partial charge in [-0.05, 0) is 33.2 Å². The van der Waals surface area contributed by atoms with E-state index in [4.69, 9.17) is 4.74 Å². The molecule has 1 N–H and O–H groups in total. The molecule has 1 aromatic carbocycles. The third-order valence-electron chi connectivity index (χ3n) is 2.99. The molecule has 1 rings (SSSR count). The van der Waals surface area contributed by atoms with E-state index in [0.29, 0.717) is 0 Å². The van der Waals surface area contributed by atoms with Crippen LogP contribution < -0.4 is 4.74 Å². The second-order valence-corrected chi connectivity index (χ2v) is 4.09. The van der Waals surface area contributed by atoms with Gasteiger partial charge in [0, 0.05) is 0 Å². The van der Waals surface area contributed by atoms with Crippen LogP contribution in [0.5, 0.6) is 5.75 Å². The lowest BCUT2D eigenvalue weighted by Gasteiger charge is -2.33. The van der Waals surface area contributed by atoms with Gasteiger partial charge >= 0.3 is 5.97 Å².